The Morgan fingerprint density at radius 3 is 1.52 bits per heavy atom. The molecule has 33 heavy (non-hydrogen) atoms. The molecule has 9 heteroatoms. The van der Waals surface area contributed by atoms with Crippen LogP contribution in [0.3, 0.4) is 0 Å². The van der Waals surface area contributed by atoms with Crippen molar-refractivity contribution in [2.45, 2.75) is 40.1 Å². The van der Waals surface area contributed by atoms with Gasteiger partial charge in [-0.3, -0.25) is 0 Å². The van der Waals surface area contributed by atoms with E-state index in [1.807, 2.05) is 62.4 Å². The standard InChI is InChI=1S/C24H19F3N4S2/c1-15-3-11-19(12-4-15)32-22-29-21(28-18-9-7-17(8-10-18)24(25,26)27)30-23(31-22)33-20-13-5-16(2)6-14-20/h3-14H,1-2H3,(H,28,29,30,31). The van der Waals surface area contributed by atoms with Crippen LogP contribution in [0.2, 0.25) is 0 Å². The first-order valence-electron chi connectivity index (χ1n) is 9.94. The van der Waals surface area contributed by atoms with Crippen LogP contribution in [0.4, 0.5) is 24.8 Å². The molecule has 4 nitrogen and oxygen atoms in total. The predicted octanol–water partition coefficient (Wildman–Crippen LogP) is 7.55. The number of aromatic nitrogens is 3. The Kier molecular flexibility index (Phi) is 6.90. The van der Waals surface area contributed by atoms with Gasteiger partial charge in [-0.05, 0) is 85.9 Å². The lowest BCUT2D eigenvalue weighted by molar-refractivity contribution is -0.137. The molecule has 4 rings (SSSR count). The minimum Gasteiger partial charge on any atom is -0.324 e. The van der Waals surface area contributed by atoms with Crippen LogP contribution in [-0.2, 0) is 6.18 Å². The summed E-state index contributed by atoms with van der Waals surface area (Å²) in [5.74, 6) is 0.258. The van der Waals surface area contributed by atoms with Crippen molar-refractivity contribution >= 4 is 35.2 Å². The van der Waals surface area contributed by atoms with Crippen molar-refractivity contribution in [3.05, 3.63) is 89.5 Å². The summed E-state index contributed by atoms with van der Waals surface area (Å²) >= 11 is 2.78. The van der Waals surface area contributed by atoms with Crippen molar-refractivity contribution < 1.29 is 13.2 Å². The van der Waals surface area contributed by atoms with Crippen LogP contribution in [0.15, 0.2) is 92.9 Å². The molecule has 0 saturated heterocycles. The summed E-state index contributed by atoms with van der Waals surface area (Å²) in [6, 6.07) is 20.7. The van der Waals surface area contributed by atoms with Crippen LogP contribution < -0.4 is 5.32 Å². The van der Waals surface area contributed by atoms with Gasteiger partial charge in [-0.25, -0.2) is 0 Å². The molecule has 0 radical (unpaired) electrons. The van der Waals surface area contributed by atoms with Crippen LogP contribution in [0.1, 0.15) is 16.7 Å². The summed E-state index contributed by atoms with van der Waals surface area (Å²) in [4.78, 5) is 15.4. The molecular weight excluding hydrogens is 465 g/mol. The van der Waals surface area contributed by atoms with E-state index in [2.05, 4.69) is 20.3 Å². The normalized spacial score (nSPS) is 11.4. The van der Waals surface area contributed by atoms with Crippen molar-refractivity contribution in [2.75, 3.05) is 5.32 Å². The number of benzene rings is 3. The average Bonchev–Trinajstić information content (AvgIpc) is 2.77. The van der Waals surface area contributed by atoms with Crippen LogP contribution >= 0.6 is 23.5 Å². The summed E-state index contributed by atoms with van der Waals surface area (Å²) in [5, 5.41) is 3.97. The molecule has 1 N–H and O–H groups in total. The Balaban J connectivity index is 1.62. The second kappa shape index (κ2) is 9.84. The van der Waals surface area contributed by atoms with Crippen molar-refractivity contribution in [3.8, 4) is 0 Å². The van der Waals surface area contributed by atoms with Gasteiger partial charge < -0.3 is 5.32 Å². The summed E-state index contributed by atoms with van der Waals surface area (Å²) in [7, 11) is 0. The molecule has 4 aromatic rings. The fourth-order valence-electron chi connectivity index (χ4n) is 2.78. The number of nitrogens with one attached hydrogen (secondary N) is 1. The van der Waals surface area contributed by atoms with Gasteiger partial charge >= 0.3 is 6.18 Å². The number of anilines is 2. The second-order valence-corrected chi connectivity index (χ2v) is 9.34. The molecular formula is C24H19F3N4S2. The maximum Gasteiger partial charge on any atom is 0.416 e. The third-order valence-corrected chi connectivity index (χ3v) is 6.27. The Labute approximate surface area is 198 Å². The Hall–Kier alpha value is -3.04. The first-order chi connectivity index (χ1) is 15.7. The second-order valence-electron chi connectivity index (χ2n) is 7.25. The summed E-state index contributed by atoms with van der Waals surface area (Å²) in [6.07, 6.45) is -4.39. The van der Waals surface area contributed by atoms with Crippen molar-refractivity contribution in [3.63, 3.8) is 0 Å². The highest BCUT2D eigenvalue weighted by atomic mass is 32.2. The zero-order valence-corrected chi connectivity index (χ0v) is 19.4. The van der Waals surface area contributed by atoms with Crippen molar-refractivity contribution in [1.29, 1.82) is 0 Å². The molecule has 1 aromatic heterocycles. The Morgan fingerprint density at radius 2 is 1.09 bits per heavy atom. The molecule has 1 heterocycles. The lowest BCUT2D eigenvalue weighted by Gasteiger charge is -2.10. The number of hydrogen-bond acceptors (Lipinski definition) is 6. The van der Waals surface area contributed by atoms with Crippen LogP contribution in [0.5, 0.6) is 0 Å². The molecule has 0 atom stereocenters. The van der Waals surface area contributed by atoms with E-state index in [9.17, 15) is 13.2 Å². The minimum atomic E-state index is -4.39. The number of halogens is 3. The summed E-state index contributed by atoms with van der Waals surface area (Å²) in [6.45, 7) is 4.03. The molecule has 168 valence electrons. The number of hydrogen-bond donors (Lipinski definition) is 1. The maximum absolute atomic E-state index is 12.9. The van der Waals surface area contributed by atoms with Crippen LogP contribution in [0.25, 0.3) is 0 Å². The molecule has 0 aliphatic heterocycles. The predicted molar refractivity (Wildman–Crippen MR) is 125 cm³/mol. The van der Waals surface area contributed by atoms with E-state index < -0.39 is 11.7 Å². The quantitative estimate of drug-likeness (QED) is 0.305. The van der Waals surface area contributed by atoms with Crippen LogP contribution in [-0.4, -0.2) is 15.0 Å². The zero-order valence-electron chi connectivity index (χ0n) is 17.7. The highest BCUT2D eigenvalue weighted by molar-refractivity contribution is 7.99. The molecule has 0 saturated carbocycles. The molecule has 0 fully saturated rings. The van der Waals surface area contributed by atoms with Gasteiger partial charge in [-0.15, -0.1) is 0 Å². The largest absolute Gasteiger partial charge is 0.416 e. The molecule has 0 unspecified atom stereocenters. The molecule has 0 spiro atoms. The van der Waals surface area contributed by atoms with Gasteiger partial charge in [-0.1, -0.05) is 35.4 Å². The number of rotatable bonds is 6. The van der Waals surface area contributed by atoms with E-state index >= 15 is 0 Å². The summed E-state index contributed by atoms with van der Waals surface area (Å²) < 4.78 is 38.6. The SMILES string of the molecule is Cc1ccc(Sc2nc(Nc3ccc(C(F)(F)F)cc3)nc(Sc3ccc(C)cc3)n2)cc1. The molecule has 0 aliphatic rings. The van der Waals surface area contributed by atoms with Gasteiger partial charge in [0, 0.05) is 15.5 Å². The lowest BCUT2D eigenvalue weighted by Crippen LogP contribution is -2.05. The third-order valence-electron chi connectivity index (χ3n) is 4.52. The van der Waals surface area contributed by atoms with E-state index in [0.717, 1.165) is 33.1 Å². The molecule has 0 bridgehead atoms. The topological polar surface area (TPSA) is 50.7 Å². The van der Waals surface area contributed by atoms with E-state index in [-0.39, 0.29) is 5.95 Å². The van der Waals surface area contributed by atoms with E-state index in [1.165, 1.54) is 35.7 Å². The third kappa shape index (κ3) is 6.49. The van der Waals surface area contributed by atoms with Gasteiger partial charge in [0.15, 0.2) is 10.3 Å². The number of nitrogens with zero attached hydrogens (tertiary/aromatic N) is 3. The van der Waals surface area contributed by atoms with E-state index in [0.29, 0.717) is 16.0 Å². The monoisotopic (exact) mass is 484 g/mol. The maximum atomic E-state index is 12.9. The average molecular weight is 485 g/mol. The highest BCUT2D eigenvalue weighted by Crippen LogP contribution is 2.32. The Morgan fingerprint density at radius 1 is 0.636 bits per heavy atom. The first-order valence-corrected chi connectivity index (χ1v) is 11.6. The highest BCUT2D eigenvalue weighted by Gasteiger charge is 2.30. The minimum absolute atomic E-state index is 0.258. The van der Waals surface area contributed by atoms with Crippen molar-refractivity contribution in [1.82, 2.24) is 15.0 Å². The molecule has 0 amide bonds. The lowest BCUT2D eigenvalue weighted by atomic mass is 10.2. The van der Waals surface area contributed by atoms with Gasteiger partial charge in [0.1, 0.15) is 0 Å². The van der Waals surface area contributed by atoms with Gasteiger partial charge in [0.05, 0.1) is 5.56 Å². The smallest absolute Gasteiger partial charge is 0.324 e. The first kappa shape index (κ1) is 23.1. The van der Waals surface area contributed by atoms with Gasteiger partial charge in [-0.2, -0.15) is 28.1 Å². The fourth-order valence-corrected chi connectivity index (χ4v) is 4.33. The van der Waals surface area contributed by atoms with Gasteiger partial charge in [0.25, 0.3) is 0 Å². The van der Waals surface area contributed by atoms with Crippen molar-refractivity contribution in [2.24, 2.45) is 0 Å². The fraction of sp³-hybridized carbons (Fsp3) is 0.125. The zero-order chi connectivity index (χ0) is 23.4. The van der Waals surface area contributed by atoms with Crippen LogP contribution in [0, 0.1) is 13.8 Å². The number of aryl methyl sites for hydroxylation is 2. The van der Waals surface area contributed by atoms with E-state index in [4.69, 9.17) is 0 Å². The molecule has 0 aliphatic carbocycles. The number of alkyl halides is 3. The van der Waals surface area contributed by atoms with Gasteiger partial charge in [0.2, 0.25) is 5.95 Å². The molecule has 3 aromatic carbocycles. The summed E-state index contributed by atoms with van der Waals surface area (Å²) in [5.41, 5.74) is 2.03. The Bertz CT molecular complexity index is 1160. The van der Waals surface area contributed by atoms with E-state index in [1.54, 1.807) is 0 Å².